The second kappa shape index (κ2) is 6.92. The number of rotatable bonds is 3. The molecule has 0 aliphatic rings. The number of benzene rings is 2. The van der Waals surface area contributed by atoms with Gasteiger partial charge in [-0.05, 0) is 43.2 Å². The number of H-pyrrole nitrogens is 1. The van der Waals surface area contributed by atoms with Crippen molar-refractivity contribution < 1.29 is 5.11 Å². The summed E-state index contributed by atoms with van der Waals surface area (Å²) in [5.41, 5.74) is 5.83. The van der Waals surface area contributed by atoms with E-state index < -0.39 is 5.41 Å². The van der Waals surface area contributed by atoms with Crippen LogP contribution in [0.1, 0.15) is 19.4 Å². The number of hydrogen-bond donors (Lipinski definition) is 2. The van der Waals surface area contributed by atoms with Crippen LogP contribution in [-0.4, -0.2) is 25.3 Å². The lowest BCUT2D eigenvalue weighted by molar-refractivity contribution is 0.453. The van der Waals surface area contributed by atoms with E-state index in [1.54, 1.807) is 18.5 Å². The average molecular weight is 405 g/mol. The van der Waals surface area contributed by atoms with Crippen molar-refractivity contribution >= 4 is 21.8 Å². The van der Waals surface area contributed by atoms with Crippen LogP contribution in [-0.2, 0) is 5.41 Å². The molecule has 0 amide bonds. The smallest absolute Gasteiger partial charge is 0.210 e. The van der Waals surface area contributed by atoms with E-state index in [4.69, 9.17) is 0 Å². The molecule has 0 aliphatic heterocycles. The Morgan fingerprint density at radius 1 is 0.903 bits per heavy atom. The fourth-order valence-electron chi connectivity index (χ4n) is 3.76. The van der Waals surface area contributed by atoms with Crippen molar-refractivity contribution in [1.82, 2.24) is 20.2 Å². The number of fused-ring (bicyclic) bond motifs is 3. The fraction of sp³-hybridized carbons (Fsp3) is 0.120. The summed E-state index contributed by atoms with van der Waals surface area (Å²) in [7, 11) is 0. The molecule has 0 saturated heterocycles. The van der Waals surface area contributed by atoms with Crippen molar-refractivity contribution in [2.75, 3.05) is 0 Å². The number of nitrogens with zero attached hydrogens (tertiary/aromatic N) is 4. The highest BCUT2D eigenvalue weighted by atomic mass is 16.3. The van der Waals surface area contributed by atoms with Gasteiger partial charge in [0.25, 0.3) is 0 Å². The molecule has 0 aliphatic carbocycles. The van der Waals surface area contributed by atoms with E-state index in [0.717, 1.165) is 49.8 Å². The molecule has 0 bridgehead atoms. The molecule has 3 heterocycles. The Bertz CT molecular complexity index is 1460. The van der Waals surface area contributed by atoms with Crippen LogP contribution < -0.4 is 0 Å². The van der Waals surface area contributed by atoms with E-state index >= 15 is 0 Å². The summed E-state index contributed by atoms with van der Waals surface area (Å²) >= 11 is 0. The Balaban J connectivity index is 1.68. The summed E-state index contributed by atoms with van der Waals surface area (Å²) < 4.78 is 0. The molecule has 0 saturated carbocycles. The van der Waals surface area contributed by atoms with Crippen molar-refractivity contribution in [3.05, 3.63) is 72.6 Å². The predicted molar refractivity (Wildman–Crippen MR) is 120 cm³/mol. The van der Waals surface area contributed by atoms with Gasteiger partial charge in [0.15, 0.2) is 0 Å². The predicted octanol–water partition coefficient (Wildman–Crippen LogP) is 5.35. The van der Waals surface area contributed by atoms with Crippen LogP contribution in [0.2, 0.25) is 0 Å². The van der Waals surface area contributed by atoms with Gasteiger partial charge < -0.3 is 5.11 Å². The molecule has 150 valence electrons. The molecule has 5 aromatic rings. The van der Waals surface area contributed by atoms with Crippen LogP contribution in [0, 0.1) is 11.3 Å². The van der Waals surface area contributed by atoms with Crippen molar-refractivity contribution in [2.24, 2.45) is 0 Å². The summed E-state index contributed by atoms with van der Waals surface area (Å²) in [6.45, 7) is 3.82. The van der Waals surface area contributed by atoms with Gasteiger partial charge in [0.1, 0.15) is 5.69 Å². The van der Waals surface area contributed by atoms with E-state index in [9.17, 15) is 10.4 Å². The van der Waals surface area contributed by atoms with Gasteiger partial charge in [-0.2, -0.15) is 10.4 Å². The lowest BCUT2D eigenvalue weighted by Gasteiger charge is -2.15. The molecule has 0 radical (unpaired) electrons. The molecule has 31 heavy (non-hydrogen) atoms. The fourth-order valence-corrected chi connectivity index (χ4v) is 3.76. The third kappa shape index (κ3) is 3.17. The summed E-state index contributed by atoms with van der Waals surface area (Å²) in [5.74, 6) is -0.00580. The lowest BCUT2D eigenvalue weighted by Crippen LogP contribution is -2.13. The normalized spacial score (nSPS) is 11.6. The molecule has 6 heteroatoms. The second-order valence-corrected chi connectivity index (χ2v) is 8.07. The first-order chi connectivity index (χ1) is 15.0. The van der Waals surface area contributed by atoms with E-state index in [1.807, 2.05) is 56.3 Å². The highest BCUT2D eigenvalue weighted by Gasteiger charge is 2.20. The van der Waals surface area contributed by atoms with Crippen molar-refractivity contribution in [1.29, 1.82) is 5.26 Å². The zero-order chi connectivity index (χ0) is 21.6. The summed E-state index contributed by atoms with van der Waals surface area (Å²) in [5, 5.41) is 28.5. The number of aromatic nitrogens is 4. The van der Waals surface area contributed by atoms with Crippen LogP contribution in [0.4, 0.5) is 0 Å². The van der Waals surface area contributed by atoms with Gasteiger partial charge in [0, 0.05) is 34.2 Å². The molecule has 0 unspecified atom stereocenters. The maximum absolute atomic E-state index is 9.49. The first kappa shape index (κ1) is 18.8. The molecule has 2 N–H and O–H groups in total. The zero-order valence-electron chi connectivity index (χ0n) is 17.1. The first-order valence-electron chi connectivity index (χ1n) is 9.91. The minimum absolute atomic E-state index is 0.00580. The van der Waals surface area contributed by atoms with Crippen LogP contribution in [0.15, 0.2) is 67.0 Å². The largest absolute Gasteiger partial charge is 0.493 e. The number of nitrogens with one attached hydrogen (secondary N) is 1. The summed E-state index contributed by atoms with van der Waals surface area (Å²) in [6.07, 6.45) is 3.44. The Labute approximate surface area is 178 Å². The van der Waals surface area contributed by atoms with Crippen LogP contribution in [0.3, 0.4) is 0 Å². The van der Waals surface area contributed by atoms with Gasteiger partial charge >= 0.3 is 0 Å². The minimum atomic E-state index is -0.546. The maximum Gasteiger partial charge on any atom is 0.210 e. The molecule has 0 fully saturated rings. The van der Waals surface area contributed by atoms with Crippen molar-refractivity contribution in [3.63, 3.8) is 0 Å². The van der Waals surface area contributed by atoms with Gasteiger partial charge in [-0.3, -0.25) is 10.1 Å². The van der Waals surface area contributed by atoms with Gasteiger partial charge in [-0.1, -0.05) is 30.3 Å². The van der Waals surface area contributed by atoms with Crippen LogP contribution in [0.5, 0.6) is 5.88 Å². The summed E-state index contributed by atoms with van der Waals surface area (Å²) in [4.78, 5) is 8.55. The molecule has 6 nitrogen and oxygen atoms in total. The topological polar surface area (TPSA) is 98.5 Å². The highest BCUT2D eigenvalue weighted by Crippen LogP contribution is 2.35. The Morgan fingerprint density at radius 2 is 1.65 bits per heavy atom. The number of aromatic hydroxyl groups is 1. The SMILES string of the molecule is CC(C)(C#N)c1ccc(-c2n[nH]c3cnc4ccc(-c5ccc(O)nc5)cc4c23)cc1. The number of pyridine rings is 2. The van der Waals surface area contributed by atoms with E-state index in [2.05, 4.69) is 32.3 Å². The van der Waals surface area contributed by atoms with E-state index in [-0.39, 0.29) is 5.88 Å². The van der Waals surface area contributed by atoms with Gasteiger partial charge in [0.2, 0.25) is 5.88 Å². The maximum atomic E-state index is 9.49. The van der Waals surface area contributed by atoms with Crippen LogP contribution in [0.25, 0.3) is 44.2 Å². The molecule has 3 aromatic heterocycles. The lowest BCUT2D eigenvalue weighted by atomic mass is 9.86. The Hall–Kier alpha value is -4.24. The van der Waals surface area contributed by atoms with Crippen molar-refractivity contribution in [3.8, 4) is 34.3 Å². The van der Waals surface area contributed by atoms with E-state index in [1.165, 1.54) is 0 Å². The number of hydrogen-bond acceptors (Lipinski definition) is 5. The third-order valence-corrected chi connectivity index (χ3v) is 5.63. The number of aromatic amines is 1. The van der Waals surface area contributed by atoms with Crippen molar-refractivity contribution in [2.45, 2.75) is 19.3 Å². The highest BCUT2D eigenvalue weighted by molar-refractivity contribution is 6.11. The van der Waals surface area contributed by atoms with Crippen LogP contribution >= 0.6 is 0 Å². The molecule has 0 atom stereocenters. The second-order valence-electron chi connectivity index (χ2n) is 8.07. The zero-order valence-corrected chi connectivity index (χ0v) is 17.1. The molecule has 5 rings (SSSR count). The summed E-state index contributed by atoms with van der Waals surface area (Å²) in [6, 6.07) is 19.8. The monoisotopic (exact) mass is 405 g/mol. The average Bonchev–Trinajstić information content (AvgIpc) is 3.24. The molecule has 0 spiro atoms. The third-order valence-electron chi connectivity index (χ3n) is 5.63. The van der Waals surface area contributed by atoms with Gasteiger partial charge in [-0.25, -0.2) is 4.98 Å². The minimum Gasteiger partial charge on any atom is -0.493 e. The van der Waals surface area contributed by atoms with E-state index in [0.29, 0.717) is 0 Å². The van der Waals surface area contributed by atoms with Gasteiger partial charge in [-0.15, -0.1) is 0 Å². The van der Waals surface area contributed by atoms with Gasteiger partial charge in [0.05, 0.1) is 28.7 Å². The standard InChI is InChI=1S/C25H19N5O/c1-25(2,14-26)18-7-3-15(4-8-18)24-23-19-11-16(17-6-10-22(31)28-12-17)5-9-20(19)27-13-21(23)29-30-24/h3-13H,1-2H3,(H,28,31)(H,29,30). The first-order valence-corrected chi connectivity index (χ1v) is 9.91. The molecular formula is C25H19N5O. The Kier molecular flexibility index (Phi) is 4.19. The number of nitriles is 1. The Morgan fingerprint density at radius 3 is 2.35 bits per heavy atom. The molecule has 2 aromatic carbocycles. The molecular weight excluding hydrogens is 386 g/mol. The quantitative estimate of drug-likeness (QED) is 0.422.